The molecule has 0 unspecified atom stereocenters. The maximum absolute atomic E-state index is 5.50. The van der Waals surface area contributed by atoms with Gasteiger partial charge in [-0.2, -0.15) is 20.1 Å². The number of aromatic nitrogens is 6. The minimum absolute atomic E-state index is 0.0671. The van der Waals surface area contributed by atoms with E-state index in [1.165, 1.54) is 0 Å². The van der Waals surface area contributed by atoms with Gasteiger partial charge < -0.3 is 11.5 Å². The van der Waals surface area contributed by atoms with Gasteiger partial charge in [0.1, 0.15) is 5.69 Å². The summed E-state index contributed by atoms with van der Waals surface area (Å²) in [6.45, 7) is 0. The molecule has 0 amide bonds. The molecule has 0 aliphatic rings. The van der Waals surface area contributed by atoms with E-state index in [-0.39, 0.29) is 11.9 Å². The second-order valence-corrected chi connectivity index (χ2v) is 3.33. The van der Waals surface area contributed by atoms with E-state index in [0.29, 0.717) is 17.2 Å². The van der Waals surface area contributed by atoms with Gasteiger partial charge in [0.2, 0.25) is 11.9 Å². The van der Waals surface area contributed by atoms with Gasteiger partial charge in [-0.25, -0.2) is 9.50 Å². The third-order valence-corrected chi connectivity index (χ3v) is 2.14. The summed E-state index contributed by atoms with van der Waals surface area (Å²) in [5.41, 5.74) is 12.2. The Morgan fingerprint density at radius 1 is 1.00 bits per heavy atom. The van der Waals surface area contributed by atoms with Gasteiger partial charge >= 0.3 is 0 Å². The zero-order chi connectivity index (χ0) is 11.8. The molecule has 84 valence electrons. The molecule has 0 spiro atoms. The number of imidazole rings is 1. The van der Waals surface area contributed by atoms with E-state index < -0.39 is 0 Å². The van der Waals surface area contributed by atoms with Crippen molar-refractivity contribution in [3.8, 4) is 11.5 Å². The topological polar surface area (TPSA) is 121 Å². The average Bonchev–Trinajstić information content (AvgIpc) is 2.71. The maximum atomic E-state index is 5.50. The van der Waals surface area contributed by atoms with Crippen LogP contribution in [0, 0.1) is 0 Å². The molecule has 0 aliphatic carbocycles. The van der Waals surface area contributed by atoms with Gasteiger partial charge in [0, 0.05) is 6.20 Å². The molecule has 3 aromatic heterocycles. The van der Waals surface area contributed by atoms with Crippen molar-refractivity contribution >= 4 is 17.5 Å². The van der Waals surface area contributed by atoms with Gasteiger partial charge in [0.05, 0.1) is 6.20 Å². The summed E-state index contributed by atoms with van der Waals surface area (Å²) < 4.78 is 1.62. The summed E-state index contributed by atoms with van der Waals surface area (Å²) >= 11 is 0. The summed E-state index contributed by atoms with van der Waals surface area (Å²) in [6, 6.07) is 3.62. The first-order valence-corrected chi connectivity index (χ1v) is 4.80. The maximum Gasteiger partial charge on any atom is 0.225 e. The fourth-order valence-electron chi connectivity index (χ4n) is 1.46. The Balaban J connectivity index is 2.20. The monoisotopic (exact) mass is 228 g/mol. The van der Waals surface area contributed by atoms with Crippen LogP contribution < -0.4 is 11.5 Å². The zero-order valence-electron chi connectivity index (χ0n) is 8.65. The van der Waals surface area contributed by atoms with Crippen molar-refractivity contribution in [2.75, 3.05) is 11.5 Å². The number of hydrogen-bond acceptors (Lipinski definition) is 7. The van der Waals surface area contributed by atoms with E-state index in [1.54, 1.807) is 23.0 Å². The van der Waals surface area contributed by atoms with Crippen molar-refractivity contribution in [3.05, 3.63) is 24.5 Å². The van der Waals surface area contributed by atoms with Crippen LogP contribution in [0.2, 0.25) is 0 Å². The summed E-state index contributed by atoms with van der Waals surface area (Å²) in [4.78, 5) is 15.9. The molecule has 17 heavy (non-hydrogen) atoms. The fraction of sp³-hybridized carbons (Fsp3) is 0. The number of rotatable bonds is 1. The fourth-order valence-corrected chi connectivity index (χ4v) is 1.46. The van der Waals surface area contributed by atoms with Crippen molar-refractivity contribution < 1.29 is 0 Å². The van der Waals surface area contributed by atoms with Gasteiger partial charge in [-0.05, 0) is 12.1 Å². The van der Waals surface area contributed by atoms with Crippen molar-refractivity contribution in [2.24, 2.45) is 0 Å². The molecule has 0 saturated carbocycles. The number of anilines is 2. The first-order valence-electron chi connectivity index (χ1n) is 4.80. The largest absolute Gasteiger partial charge is 0.368 e. The molecule has 3 aromatic rings. The quantitative estimate of drug-likeness (QED) is 0.588. The van der Waals surface area contributed by atoms with Crippen LogP contribution in [0.3, 0.4) is 0 Å². The van der Waals surface area contributed by atoms with Gasteiger partial charge in [-0.1, -0.05) is 0 Å². The van der Waals surface area contributed by atoms with Crippen LogP contribution in [0.15, 0.2) is 24.5 Å². The van der Waals surface area contributed by atoms with Crippen molar-refractivity contribution in [3.63, 3.8) is 0 Å². The molecule has 0 aliphatic heterocycles. The van der Waals surface area contributed by atoms with Crippen LogP contribution in [-0.2, 0) is 0 Å². The highest BCUT2D eigenvalue weighted by Gasteiger charge is 2.09. The Kier molecular flexibility index (Phi) is 1.87. The Bertz CT molecular complexity index is 635. The van der Waals surface area contributed by atoms with E-state index >= 15 is 0 Å². The second-order valence-electron chi connectivity index (χ2n) is 3.33. The van der Waals surface area contributed by atoms with E-state index in [0.717, 1.165) is 0 Å². The normalized spacial score (nSPS) is 10.8. The third-order valence-electron chi connectivity index (χ3n) is 2.14. The molecule has 3 heterocycles. The molecule has 0 fully saturated rings. The summed E-state index contributed by atoms with van der Waals surface area (Å²) in [5, 5.41) is 4.09. The zero-order valence-corrected chi connectivity index (χ0v) is 8.65. The molecule has 8 heteroatoms. The van der Waals surface area contributed by atoms with E-state index in [4.69, 9.17) is 11.5 Å². The van der Waals surface area contributed by atoms with Gasteiger partial charge in [0.15, 0.2) is 11.5 Å². The number of nitrogens with zero attached hydrogens (tertiary/aromatic N) is 6. The van der Waals surface area contributed by atoms with Crippen LogP contribution in [0.25, 0.3) is 17.2 Å². The van der Waals surface area contributed by atoms with E-state index in [9.17, 15) is 0 Å². The third kappa shape index (κ3) is 1.61. The Labute approximate surface area is 95.4 Å². The molecule has 0 radical (unpaired) electrons. The summed E-state index contributed by atoms with van der Waals surface area (Å²) in [7, 11) is 0. The standard InChI is InChI=1S/C9H8N8/c10-8-14-7(15-9(11)16-8)5-4-17-6(13-5)2-1-3-12-17/h1-4H,(H4,10,11,14,15,16). The minimum atomic E-state index is 0.0671. The van der Waals surface area contributed by atoms with Crippen LogP contribution in [0.5, 0.6) is 0 Å². The molecule has 0 atom stereocenters. The molecule has 0 bridgehead atoms. The smallest absolute Gasteiger partial charge is 0.225 e. The van der Waals surface area contributed by atoms with Crippen LogP contribution >= 0.6 is 0 Å². The van der Waals surface area contributed by atoms with E-state index in [1.807, 2.05) is 6.07 Å². The predicted octanol–water partition coefficient (Wildman–Crippen LogP) is -0.254. The lowest BCUT2D eigenvalue weighted by Gasteiger charge is -1.97. The summed E-state index contributed by atoms with van der Waals surface area (Å²) in [5.74, 6) is 0.468. The van der Waals surface area contributed by atoms with Crippen molar-refractivity contribution in [1.29, 1.82) is 0 Å². The number of fused-ring (bicyclic) bond motifs is 1. The predicted molar refractivity (Wildman–Crippen MR) is 60.6 cm³/mol. The second kappa shape index (κ2) is 3.37. The van der Waals surface area contributed by atoms with Gasteiger partial charge in [-0.15, -0.1) is 0 Å². The van der Waals surface area contributed by atoms with E-state index in [2.05, 4.69) is 25.0 Å². The van der Waals surface area contributed by atoms with Crippen LogP contribution in [0.1, 0.15) is 0 Å². The molecule has 0 saturated heterocycles. The number of hydrogen-bond donors (Lipinski definition) is 2. The highest BCUT2D eigenvalue weighted by atomic mass is 15.2. The first kappa shape index (κ1) is 9.46. The van der Waals surface area contributed by atoms with Crippen LogP contribution in [-0.4, -0.2) is 29.5 Å². The number of nitrogen functional groups attached to an aromatic ring is 2. The lowest BCUT2D eigenvalue weighted by Crippen LogP contribution is -2.04. The first-order chi connectivity index (χ1) is 8.22. The molecule has 3 rings (SSSR count). The minimum Gasteiger partial charge on any atom is -0.368 e. The summed E-state index contributed by atoms with van der Waals surface area (Å²) in [6.07, 6.45) is 3.36. The highest BCUT2D eigenvalue weighted by molar-refractivity contribution is 5.56. The molecule has 8 nitrogen and oxygen atoms in total. The van der Waals surface area contributed by atoms with Gasteiger partial charge in [-0.3, -0.25) is 0 Å². The van der Waals surface area contributed by atoms with Crippen LogP contribution in [0.4, 0.5) is 11.9 Å². The molecular formula is C9H8N8. The van der Waals surface area contributed by atoms with Crippen molar-refractivity contribution in [2.45, 2.75) is 0 Å². The highest BCUT2D eigenvalue weighted by Crippen LogP contribution is 2.15. The lowest BCUT2D eigenvalue weighted by atomic mass is 10.4. The number of nitrogens with two attached hydrogens (primary N) is 2. The lowest BCUT2D eigenvalue weighted by molar-refractivity contribution is 0.935. The van der Waals surface area contributed by atoms with Gasteiger partial charge in [0.25, 0.3) is 0 Å². The van der Waals surface area contributed by atoms with Crippen molar-refractivity contribution in [1.82, 2.24) is 29.5 Å². The Morgan fingerprint density at radius 2 is 1.76 bits per heavy atom. The Hall–Kier alpha value is -2.77. The Morgan fingerprint density at radius 3 is 2.47 bits per heavy atom. The molecule has 0 aromatic carbocycles. The average molecular weight is 228 g/mol. The molecular weight excluding hydrogens is 220 g/mol. The SMILES string of the molecule is Nc1nc(N)nc(-c2cn3ncccc3n2)n1. The molecule has 4 N–H and O–H groups in total.